The monoisotopic (exact) mass is 604 g/mol. The van der Waals surface area contributed by atoms with E-state index in [0.29, 0.717) is 30.7 Å². The number of rotatable bonds is 8. The van der Waals surface area contributed by atoms with Crippen molar-refractivity contribution < 1.29 is 19.4 Å². The third-order valence-corrected chi connectivity index (χ3v) is 9.09. The first-order valence-electron chi connectivity index (χ1n) is 14.9. The second kappa shape index (κ2) is 12.9. The SMILES string of the molecule is Cc1nc(Nc2ccc(C(=O)O)cc2)ncc1CN1CCC(N2C(=O)N(C3CCOCC3)C[C@H]2c2cccc(Cl)c2)CC1. The molecule has 0 spiro atoms. The molecule has 3 aliphatic heterocycles. The normalized spacial score (nSPS) is 20.5. The number of likely N-dealkylation sites (tertiary alicyclic amines) is 1. The molecule has 1 atom stereocenters. The Bertz CT molecular complexity index is 1460. The van der Waals surface area contributed by atoms with Crippen LogP contribution in [0.1, 0.15) is 58.9 Å². The number of nitrogens with one attached hydrogen (secondary N) is 1. The number of amides is 2. The van der Waals surface area contributed by atoms with Crippen LogP contribution < -0.4 is 5.32 Å². The zero-order chi connectivity index (χ0) is 29.9. The number of hydrogen-bond acceptors (Lipinski definition) is 7. The Morgan fingerprint density at radius 1 is 1.07 bits per heavy atom. The summed E-state index contributed by atoms with van der Waals surface area (Å²) in [5.41, 5.74) is 4.00. The molecule has 6 rings (SSSR count). The van der Waals surface area contributed by atoms with Crippen LogP contribution in [0.3, 0.4) is 0 Å². The third kappa shape index (κ3) is 6.61. The second-order valence-corrected chi connectivity index (χ2v) is 12.0. The summed E-state index contributed by atoms with van der Waals surface area (Å²) >= 11 is 6.38. The highest BCUT2D eigenvalue weighted by Crippen LogP contribution is 2.38. The maximum Gasteiger partial charge on any atom is 0.335 e. The standard InChI is InChI=1S/C32H37ClN6O4/c1-21-24(18-34-31(35-21)36-26-7-5-22(6-8-26)30(40)41)19-37-13-9-28(10-14-37)39-29(23-3-2-4-25(33)17-23)20-38(32(39)42)27-11-15-43-16-12-27/h2-8,17-18,27-29H,9-16,19-20H2,1H3,(H,40,41)(H,34,35,36)/t29-/m0/s1. The van der Waals surface area contributed by atoms with Crippen LogP contribution >= 0.6 is 11.6 Å². The highest BCUT2D eigenvalue weighted by Gasteiger charge is 2.45. The van der Waals surface area contributed by atoms with E-state index in [1.54, 1.807) is 24.3 Å². The van der Waals surface area contributed by atoms with Crippen LogP contribution in [0.25, 0.3) is 0 Å². The van der Waals surface area contributed by atoms with Crippen molar-refractivity contribution in [2.75, 3.05) is 38.2 Å². The molecule has 43 heavy (non-hydrogen) atoms. The maximum atomic E-state index is 13.9. The molecule has 1 aromatic heterocycles. The molecular weight excluding hydrogens is 568 g/mol. The van der Waals surface area contributed by atoms with Crippen molar-refractivity contribution in [1.82, 2.24) is 24.7 Å². The van der Waals surface area contributed by atoms with Crippen LogP contribution in [-0.2, 0) is 11.3 Å². The van der Waals surface area contributed by atoms with Crippen LogP contribution in [0.4, 0.5) is 16.4 Å². The quantitative estimate of drug-likeness (QED) is 0.347. The van der Waals surface area contributed by atoms with Crippen LogP contribution in [0.2, 0.25) is 5.02 Å². The molecule has 0 radical (unpaired) electrons. The van der Waals surface area contributed by atoms with Gasteiger partial charge in [0.1, 0.15) is 0 Å². The Hall–Kier alpha value is -3.73. The van der Waals surface area contributed by atoms with Gasteiger partial charge in [0.05, 0.1) is 11.6 Å². The van der Waals surface area contributed by atoms with Crippen molar-refractivity contribution in [2.24, 2.45) is 0 Å². The smallest absolute Gasteiger partial charge is 0.335 e. The van der Waals surface area contributed by atoms with Gasteiger partial charge < -0.3 is 25.0 Å². The molecule has 2 amide bonds. The van der Waals surface area contributed by atoms with Crippen molar-refractivity contribution in [1.29, 1.82) is 0 Å². The summed E-state index contributed by atoms with van der Waals surface area (Å²) in [5.74, 6) is -0.492. The predicted molar refractivity (Wildman–Crippen MR) is 164 cm³/mol. The maximum absolute atomic E-state index is 13.9. The lowest BCUT2D eigenvalue weighted by Gasteiger charge is -2.39. The number of anilines is 2. The lowest BCUT2D eigenvalue weighted by atomic mass is 9.98. The number of piperidine rings is 1. The minimum absolute atomic E-state index is 0.0124. The van der Waals surface area contributed by atoms with Gasteiger partial charge in [0, 0.05) is 79.6 Å². The lowest BCUT2D eigenvalue weighted by molar-refractivity contribution is 0.0493. The van der Waals surface area contributed by atoms with Gasteiger partial charge in [0.15, 0.2) is 0 Å². The van der Waals surface area contributed by atoms with Crippen LogP contribution in [-0.4, -0.2) is 86.7 Å². The van der Waals surface area contributed by atoms with Gasteiger partial charge in [-0.25, -0.2) is 19.6 Å². The molecule has 10 nitrogen and oxygen atoms in total. The first kappa shape index (κ1) is 29.3. The molecule has 0 aliphatic carbocycles. The van der Waals surface area contributed by atoms with E-state index in [-0.39, 0.29) is 29.7 Å². The van der Waals surface area contributed by atoms with Gasteiger partial charge in [-0.05, 0) is 74.6 Å². The number of carbonyl (C=O) groups is 2. The summed E-state index contributed by atoms with van der Waals surface area (Å²) in [4.78, 5) is 40.8. The van der Waals surface area contributed by atoms with E-state index in [1.165, 1.54) is 0 Å². The zero-order valence-corrected chi connectivity index (χ0v) is 25.0. The number of nitrogens with zero attached hydrogens (tertiary/aromatic N) is 5. The summed E-state index contributed by atoms with van der Waals surface area (Å²) in [6, 6.07) is 14.9. The fraction of sp³-hybridized carbons (Fsp3) is 0.438. The number of aromatic nitrogens is 2. The van der Waals surface area contributed by atoms with E-state index in [2.05, 4.69) is 36.1 Å². The zero-order valence-electron chi connectivity index (χ0n) is 24.3. The van der Waals surface area contributed by atoms with Gasteiger partial charge in [-0.1, -0.05) is 23.7 Å². The molecule has 3 aliphatic rings. The number of benzene rings is 2. The Morgan fingerprint density at radius 3 is 2.49 bits per heavy atom. The van der Waals surface area contributed by atoms with E-state index < -0.39 is 5.97 Å². The van der Waals surface area contributed by atoms with Gasteiger partial charge >= 0.3 is 12.0 Å². The summed E-state index contributed by atoms with van der Waals surface area (Å²) in [5, 5.41) is 12.9. The van der Waals surface area contributed by atoms with E-state index in [1.807, 2.05) is 31.3 Å². The summed E-state index contributed by atoms with van der Waals surface area (Å²) < 4.78 is 5.57. The topological polar surface area (TPSA) is 111 Å². The molecule has 2 N–H and O–H groups in total. The largest absolute Gasteiger partial charge is 0.478 e. The third-order valence-electron chi connectivity index (χ3n) is 8.85. The molecule has 0 bridgehead atoms. The van der Waals surface area contributed by atoms with Crippen LogP contribution in [0.5, 0.6) is 0 Å². The molecular formula is C32H37ClN6O4. The summed E-state index contributed by atoms with van der Waals surface area (Å²) in [6.45, 7) is 6.57. The number of carboxylic acids is 1. The lowest BCUT2D eigenvalue weighted by Crippen LogP contribution is -2.48. The van der Waals surface area contributed by atoms with Crippen molar-refractivity contribution in [2.45, 2.75) is 57.3 Å². The van der Waals surface area contributed by atoms with Gasteiger partial charge in [-0.15, -0.1) is 0 Å². The number of ether oxygens (including phenoxy) is 1. The number of halogens is 1. The highest BCUT2D eigenvalue weighted by molar-refractivity contribution is 6.30. The van der Waals surface area contributed by atoms with E-state index in [0.717, 1.165) is 67.8 Å². The van der Waals surface area contributed by atoms with Gasteiger partial charge in [-0.3, -0.25) is 4.90 Å². The Labute approximate surface area is 256 Å². The fourth-order valence-electron chi connectivity index (χ4n) is 6.46. The average Bonchev–Trinajstić information content (AvgIpc) is 3.36. The Balaban J connectivity index is 1.09. The van der Waals surface area contributed by atoms with Crippen molar-refractivity contribution in [3.8, 4) is 0 Å². The minimum atomic E-state index is -0.961. The van der Waals surface area contributed by atoms with Crippen molar-refractivity contribution in [3.05, 3.63) is 82.1 Å². The molecule has 2 aromatic carbocycles. The molecule has 3 saturated heterocycles. The Kier molecular flexibility index (Phi) is 8.78. The van der Waals surface area contributed by atoms with Crippen LogP contribution in [0.15, 0.2) is 54.7 Å². The number of aromatic carboxylic acids is 1. The fourth-order valence-corrected chi connectivity index (χ4v) is 6.65. The summed E-state index contributed by atoms with van der Waals surface area (Å²) in [7, 11) is 0. The number of carboxylic acid groups (broad SMARTS) is 1. The van der Waals surface area contributed by atoms with E-state index in [4.69, 9.17) is 21.4 Å². The number of aryl methyl sites for hydroxylation is 1. The minimum Gasteiger partial charge on any atom is -0.478 e. The predicted octanol–water partition coefficient (Wildman–Crippen LogP) is 5.50. The van der Waals surface area contributed by atoms with Crippen LogP contribution in [0, 0.1) is 6.92 Å². The van der Waals surface area contributed by atoms with Crippen molar-refractivity contribution in [3.63, 3.8) is 0 Å². The molecule has 226 valence electrons. The van der Waals surface area contributed by atoms with Gasteiger partial charge in [0.25, 0.3) is 0 Å². The second-order valence-electron chi connectivity index (χ2n) is 11.6. The van der Waals surface area contributed by atoms with Crippen molar-refractivity contribution >= 4 is 35.2 Å². The van der Waals surface area contributed by atoms with Gasteiger partial charge in [-0.2, -0.15) is 0 Å². The molecule has 11 heteroatoms. The first-order chi connectivity index (χ1) is 20.9. The first-order valence-corrected chi connectivity index (χ1v) is 15.3. The summed E-state index contributed by atoms with van der Waals surface area (Å²) in [6.07, 6.45) is 5.42. The van der Waals surface area contributed by atoms with E-state index in [9.17, 15) is 9.59 Å². The number of hydrogen-bond donors (Lipinski definition) is 2. The number of carbonyl (C=O) groups excluding carboxylic acids is 1. The van der Waals surface area contributed by atoms with Gasteiger partial charge in [0.2, 0.25) is 5.95 Å². The Morgan fingerprint density at radius 2 is 1.81 bits per heavy atom. The average molecular weight is 605 g/mol. The molecule has 3 fully saturated rings. The molecule has 3 aromatic rings. The molecule has 4 heterocycles. The van der Waals surface area contributed by atoms with E-state index >= 15 is 0 Å². The number of urea groups is 1. The molecule has 0 unspecified atom stereocenters. The highest BCUT2D eigenvalue weighted by atomic mass is 35.5. The molecule has 0 saturated carbocycles.